The van der Waals surface area contributed by atoms with E-state index in [-0.39, 0.29) is 25.3 Å². The smallest absolute Gasteiger partial charge is 0.410 e. The lowest BCUT2D eigenvalue weighted by molar-refractivity contribution is 0.0526. The van der Waals surface area contributed by atoms with Crippen molar-refractivity contribution >= 4 is 38.7 Å². The van der Waals surface area contributed by atoms with E-state index in [2.05, 4.69) is 41.8 Å². The third kappa shape index (κ3) is 9.98. The molecule has 5 rings (SSSR count). The van der Waals surface area contributed by atoms with E-state index in [9.17, 15) is 18.0 Å². The molecule has 0 bridgehead atoms. The number of rotatable bonds is 15. The van der Waals surface area contributed by atoms with Gasteiger partial charge in [0.2, 0.25) is 10.0 Å². The molecule has 0 aliphatic carbocycles. The first-order valence-electron chi connectivity index (χ1n) is 16.9. The van der Waals surface area contributed by atoms with Crippen LogP contribution in [0.25, 0.3) is 22.2 Å². The van der Waals surface area contributed by atoms with Gasteiger partial charge in [-0.25, -0.2) is 18.0 Å². The van der Waals surface area contributed by atoms with Crippen LogP contribution in [0.15, 0.2) is 91.0 Å². The third-order valence-corrected chi connectivity index (χ3v) is 9.03. The summed E-state index contributed by atoms with van der Waals surface area (Å²) in [4.78, 5) is 31.7. The molecule has 0 atom stereocenters. The molecule has 5 aromatic rings. The maximum Gasteiger partial charge on any atom is 0.410 e. The fourth-order valence-electron chi connectivity index (χ4n) is 6.15. The van der Waals surface area contributed by atoms with Crippen LogP contribution in [-0.4, -0.2) is 56.3 Å². The summed E-state index contributed by atoms with van der Waals surface area (Å²) in [6, 6.07) is 28.9. The van der Waals surface area contributed by atoms with Crippen molar-refractivity contribution in [2.45, 2.75) is 53.1 Å². The standard InChI is InChI=1S/C40H45N3O6S/c1-5-48-39(44)32-16-19-37-36(26-32)35(38(41-37)33-24-28(2)23-29(3)25-33)20-22-43(40(45)49-27-31-12-7-6-8-13-31)21-10-9-11-30-14-17-34(18-15-30)42-50(4,46)47/h6-8,12-19,23-26,41-42H,5,9-11,20-22,27H2,1-4H3. The number of H-pyrrole nitrogens is 1. The van der Waals surface area contributed by atoms with Gasteiger partial charge in [-0.05, 0) is 111 Å². The Balaban J connectivity index is 1.37. The fraction of sp³-hybridized carbons (Fsp3) is 0.300. The number of anilines is 1. The summed E-state index contributed by atoms with van der Waals surface area (Å²) in [6.45, 7) is 7.30. The molecular formula is C40H45N3O6S. The predicted molar refractivity (Wildman–Crippen MR) is 199 cm³/mol. The van der Waals surface area contributed by atoms with Crippen LogP contribution in [0.3, 0.4) is 0 Å². The molecule has 50 heavy (non-hydrogen) atoms. The van der Waals surface area contributed by atoms with Gasteiger partial charge < -0.3 is 19.4 Å². The Labute approximate surface area is 294 Å². The van der Waals surface area contributed by atoms with Crippen molar-refractivity contribution in [1.29, 1.82) is 0 Å². The molecule has 9 nitrogen and oxygen atoms in total. The lowest BCUT2D eigenvalue weighted by Crippen LogP contribution is -2.34. The molecule has 0 aliphatic rings. The normalized spacial score (nSPS) is 11.4. The highest BCUT2D eigenvalue weighted by Crippen LogP contribution is 2.33. The highest BCUT2D eigenvalue weighted by Gasteiger charge is 2.20. The van der Waals surface area contributed by atoms with Gasteiger partial charge >= 0.3 is 12.1 Å². The molecule has 2 N–H and O–H groups in total. The Kier molecular flexibility index (Phi) is 12.0. The summed E-state index contributed by atoms with van der Waals surface area (Å²) in [5.74, 6) is -0.373. The minimum atomic E-state index is -3.34. The van der Waals surface area contributed by atoms with Gasteiger partial charge in [-0.3, -0.25) is 4.72 Å². The monoisotopic (exact) mass is 695 g/mol. The quantitative estimate of drug-likeness (QED) is 0.0842. The van der Waals surface area contributed by atoms with E-state index in [1.165, 1.54) is 0 Å². The molecule has 0 aliphatic heterocycles. The first-order valence-corrected chi connectivity index (χ1v) is 18.8. The number of aromatic nitrogens is 1. The van der Waals surface area contributed by atoms with E-state index in [4.69, 9.17) is 9.47 Å². The number of amides is 1. The summed E-state index contributed by atoms with van der Waals surface area (Å²) in [6.07, 6.45) is 3.62. The number of nitrogens with zero attached hydrogens (tertiary/aromatic N) is 1. The maximum absolute atomic E-state index is 13.6. The second-order valence-corrected chi connectivity index (χ2v) is 14.4. The topological polar surface area (TPSA) is 118 Å². The molecule has 0 fully saturated rings. The van der Waals surface area contributed by atoms with E-state index in [1.807, 2.05) is 54.6 Å². The van der Waals surface area contributed by atoms with E-state index in [0.717, 1.165) is 75.5 Å². The minimum absolute atomic E-state index is 0.174. The van der Waals surface area contributed by atoms with Crippen LogP contribution in [0.1, 0.15) is 57.9 Å². The van der Waals surface area contributed by atoms with Crippen LogP contribution in [0.5, 0.6) is 0 Å². The summed E-state index contributed by atoms with van der Waals surface area (Å²) in [5.41, 5.74) is 9.20. The molecule has 10 heteroatoms. The Morgan fingerprint density at radius 3 is 2.20 bits per heavy atom. The number of hydrogen-bond donors (Lipinski definition) is 2. The van der Waals surface area contributed by atoms with Gasteiger partial charge in [0.25, 0.3) is 0 Å². The van der Waals surface area contributed by atoms with Crippen molar-refractivity contribution in [3.8, 4) is 11.3 Å². The van der Waals surface area contributed by atoms with Crippen molar-refractivity contribution in [2.75, 3.05) is 30.7 Å². The number of ether oxygens (including phenoxy) is 2. The molecule has 262 valence electrons. The number of esters is 1. The summed E-state index contributed by atoms with van der Waals surface area (Å²) in [5, 5.41) is 0.913. The number of benzene rings is 4. The molecular weight excluding hydrogens is 651 g/mol. The van der Waals surface area contributed by atoms with Crippen molar-refractivity contribution in [3.05, 3.63) is 124 Å². The Morgan fingerprint density at radius 1 is 0.800 bits per heavy atom. The number of fused-ring (bicyclic) bond motifs is 1. The molecule has 0 saturated carbocycles. The van der Waals surface area contributed by atoms with E-state index >= 15 is 0 Å². The van der Waals surface area contributed by atoms with Gasteiger partial charge in [0.1, 0.15) is 6.61 Å². The van der Waals surface area contributed by atoms with Crippen LogP contribution in [0.2, 0.25) is 0 Å². The first-order chi connectivity index (χ1) is 24.0. The van der Waals surface area contributed by atoms with Crippen molar-refractivity contribution < 1.29 is 27.5 Å². The number of aryl methyl sites for hydroxylation is 3. The van der Waals surface area contributed by atoms with Crippen LogP contribution >= 0.6 is 0 Å². The molecule has 0 unspecified atom stereocenters. The summed E-state index contributed by atoms with van der Waals surface area (Å²) in [7, 11) is -3.34. The molecule has 1 amide bonds. The zero-order valence-corrected chi connectivity index (χ0v) is 29.9. The third-order valence-electron chi connectivity index (χ3n) is 8.42. The highest BCUT2D eigenvalue weighted by atomic mass is 32.2. The summed E-state index contributed by atoms with van der Waals surface area (Å²) < 4.78 is 36.7. The van der Waals surface area contributed by atoms with Gasteiger partial charge in [-0.2, -0.15) is 0 Å². The number of unbranched alkanes of at least 4 members (excludes halogenated alkanes) is 1. The number of sulfonamides is 1. The van der Waals surface area contributed by atoms with Crippen molar-refractivity contribution in [3.63, 3.8) is 0 Å². The van der Waals surface area contributed by atoms with Crippen LogP contribution < -0.4 is 4.72 Å². The number of hydrogen-bond acceptors (Lipinski definition) is 6. The average molecular weight is 696 g/mol. The lowest BCUT2D eigenvalue weighted by Gasteiger charge is -2.23. The first kappa shape index (κ1) is 36.2. The van der Waals surface area contributed by atoms with E-state index < -0.39 is 10.0 Å². The molecule has 1 aromatic heterocycles. The second kappa shape index (κ2) is 16.5. The van der Waals surface area contributed by atoms with Gasteiger partial charge in [-0.15, -0.1) is 0 Å². The number of carbonyl (C=O) groups excluding carboxylic acids is 2. The Morgan fingerprint density at radius 2 is 1.52 bits per heavy atom. The SMILES string of the molecule is CCOC(=O)c1ccc2[nH]c(-c3cc(C)cc(C)c3)c(CCN(CCCCc3ccc(NS(C)(=O)=O)cc3)C(=O)OCc3ccccc3)c2c1. The molecule has 0 spiro atoms. The number of aromatic amines is 1. The van der Waals surface area contributed by atoms with Gasteiger partial charge in [-0.1, -0.05) is 59.7 Å². The highest BCUT2D eigenvalue weighted by molar-refractivity contribution is 7.92. The average Bonchev–Trinajstić information content (AvgIpc) is 3.45. The summed E-state index contributed by atoms with van der Waals surface area (Å²) >= 11 is 0. The molecule has 0 radical (unpaired) electrons. The minimum Gasteiger partial charge on any atom is -0.462 e. The number of nitrogens with one attached hydrogen (secondary N) is 2. The van der Waals surface area contributed by atoms with E-state index in [1.54, 1.807) is 30.0 Å². The molecule has 1 heterocycles. The Bertz CT molecular complexity index is 2020. The fourth-order valence-corrected chi connectivity index (χ4v) is 6.72. The maximum atomic E-state index is 13.6. The van der Waals surface area contributed by atoms with Gasteiger partial charge in [0, 0.05) is 35.4 Å². The van der Waals surface area contributed by atoms with Gasteiger partial charge in [0.05, 0.1) is 18.4 Å². The van der Waals surface area contributed by atoms with E-state index in [0.29, 0.717) is 30.8 Å². The van der Waals surface area contributed by atoms with Crippen LogP contribution in [0.4, 0.5) is 10.5 Å². The van der Waals surface area contributed by atoms with Crippen molar-refractivity contribution in [2.24, 2.45) is 0 Å². The largest absolute Gasteiger partial charge is 0.462 e. The molecule has 0 saturated heterocycles. The van der Waals surface area contributed by atoms with Crippen molar-refractivity contribution in [1.82, 2.24) is 9.88 Å². The lowest BCUT2D eigenvalue weighted by atomic mass is 9.98. The Hall–Kier alpha value is -5.09. The number of carbonyl (C=O) groups is 2. The zero-order valence-electron chi connectivity index (χ0n) is 29.1. The molecule has 4 aromatic carbocycles. The van der Waals surface area contributed by atoms with Gasteiger partial charge in [0.15, 0.2) is 0 Å². The second-order valence-electron chi connectivity index (χ2n) is 12.6. The van der Waals surface area contributed by atoms with Crippen LogP contribution in [0, 0.1) is 13.8 Å². The predicted octanol–water partition coefficient (Wildman–Crippen LogP) is 8.20. The zero-order chi connectivity index (χ0) is 35.7. The van der Waals surface area contributed by atoms with Crippen LogP contribution in [-0.2, 0) is 38.9 Å².